The van der Waals surface area contributed by atoms with Crippen LogP contribution in [-0.4, -0.2) is 10.9 Å². The summed E-state index contributed by atoms with van der Waals surface area (Å²) in [5.74, 6) is -0.268. The van der Waals surface area contributed by atoms with Crippen molar-refractivity contribution in [2.45, 2.75) is 32.7 Å². The molecule has 1 rings (SSSR count). The lowest BCUT2D eigenvalue weighted by atomic mass is 10.1. The molecule has 0 fully saturated rings. The summed E-state index contributed by atoms with van der Waals surface area (Å²) in [5, 5.41) is 13.9. The Morgan fingerprint density at radius 1 is 1.73 bits per heavy atom. The van der Waals surface area contributed by atoms with Crippen molar-refractivity contribution < 1.29 is 4.79 Å². The lowest BCUT2D eigenvalue weighted by Gasteiger charge is -2.23. The van der Waals surface area contributed by atoms with Gasteiger partial charge in [-0.1, -0.05) is 0 Å². The van der Waals surface area contributed by atoms with E-state index < -0.39 is 5.54 Å². The first-order valence-corrected chi connectivity index (χ1v) is 5.44. The summed E-state index contributed by atoms with van der Waals surface area (Å²) in [5.41, 5.74) is 0.435. The molecule has 0 bridgehead atoms. The summed E-state index contributed by atoms with van der Waals surface area (Å²) in [6.45, 7) is 5.66. The Balaban J connectivity index is 2.76. The minimum absolute atomic E-state index is 0.117. The Morgan fingerprint density at radius 3 is 2.87 bits per heavy atom. The first-order chi connectivity index (χ1) is 6.95. The van der Waals surface area contributed by atoms with Gasteiger partial charge in [-0.15, -0.1) is 11.3 Å². The third-order valence-corrected chi connectivity index (χ3v) is 3.13. The van der Waals surface area contributed by atoms with Crippen LogP contribution in [0.3, 0.4) is 0 Å². The third-order valence-electron chi connectivity index (χ3n) is 1.85. The number of aromatic nitrogens is 1. The molecule has 15 heavy (non-hydrogen) atoms. The maximum atomic E-state index is 11.3. The van der Waals surface area contributed by atoms with Crippen molar-refractivity contribution >= 4 is 17.2 Å². The van der Waals surface area contributed by atoms with E-state index in [9.17, 15) is 4.79 Å². The van der Waals surface area contributed by atoms with Gasteiger partial charge in [0, 0.05) is 11.1 Å². The molecule has 0 aliphatic heterocycles. The van der Waals surface area contributed by atoms with E-state index in [1.54, 1.807) is 0 Å². The second-order valence-electron chi connectivity index (χ2n) is 3.80. The van der Waals surface area contributed by atoms with Crippen LogP contribution in [0.5, 0.6) is 0 Å². The number of nitrogens with zero attached hydrogens (tertiary/aromatic N) is 2. The van der Waals surface area contributed by atoms with Crippen LogP contribution in [0.4, 0.5) is 0 Å². The highest BCUT2D eigenvalue weighted by molar-refractivity contribution is 7.09. The van der Waals surface area contributed by atoms with Gasteiger partial charge in [0.1, 0.15) is 11.4 Å². The SMILES string of the molecule is Cc1csc(C(C)(C)NC(=O)CC#N)n1. The highest BCUT2D eigenvalue weighted by Gasteiger charge is 2.25. The summed E-state index contributed by atoms with van der Waals surface area (Å²) in [6, 6.07) is 1.82. The molecule has 0 aliphatic carbocycles. The number of carbonyl (C=O) groups excluding carboxylic acids is 1. The van der Waals surface area contributed by atoms with Crippen LogP contribution in [-0.2, 0) is 10.3 Å². The van der Waals surface area contributed by atoms with E-state index in [-0.39, 0.29) is 12.3 Å². The number of carbonyl (C=O) groups is 1. The second-order valence-corrected chi connectivity index (χ2v) is 4.66. The molecule has 1 aromatic rings. The number of nitriles is 1. The maximum Gasteiger partial charge on any atom is 0.234 e. The van der Waals surface area contributed by atoms with E-state index in [0.717, 1.165) is 10.7 Å². The first-order valence-electron chi connectivity index (χ1n) is 4.56. The van der Waals surface area contributed by atoms with E-state index in [2.05, 4.69) is 10.3 Å². The highest BCUT2D eigenvalue weighted by atomic mass is 32.1. The molecule has 1 aromatic heterocycles. The second kappa shape index (κ2) is 4.41. The standard InChI is InChI=1S/C10H13N3OS/c1-7-6-15-9(12-7)10(2,3)13-8(14)4-5-11/h6H,4H2,1-3H3,(H,13,14). The number of amides is 1. The van der Waals surface area contributed by atoms with Gasteiger partial charge in [0.15, 0.2) is 0 Å². The van der Waals surface area contributed by atoms with Crippen LogP contribution < -0.4 is 5.32 Å². The van der Waals surface area contributed by atoms with E-state index >= 15 is 0 Å². The molecule has 0 atom stereocenters. The van der Waals surface area contributed by atoms with E-state index in [4.69, 9.17) is 5.26 Å². The fourth-order valence-electron chi connectivity index (χ4n) is 1.16. The van der Waals surface area contributed by atoms with Gasteiger partial charge in [0.2, 0.25) is 5.91 Å². The largest absolute Gasteiger partial charge is 0.344 e. The van der Waals surface area contributed by atoms with Crippen molar-refractivity contribution in [2.24, 2.45) is 0 Å². The molecule has 1 amide bonds. The van der Waals surface area contributed by atoms with Crippen LogP contribution in [0.1, 0.15) is 31.0 Å². The zero-order valence-corrected chi connectivity index (χ0v) is 9.81. The zero-order chi connectivity index (χ0) is 11.5. The highest BCUT2D eigenvalue weighted by Crippen LogP contribution is 2.23. The molecule has 0 saturated heterocycles. The minimum atomic E-state index is -0.507. The van der Waals surface area contributed by atoms with Crippen molar-refractivity contribution in [3.63, 3.8) is 0 Å². The minimum Gasteiger partial charge on any atom is -0.344 e. The molecular weight excluding hydrogens is 210 g/mol. The van der Waals surface area contributed by atoms with Crippen LogP contribution >= 0.6 is 11.3 Å². The normalized spacial score (nSPS) is 10.8. The Kier molecular flexibility index (Phi) is 3.43. The topological polar surface area (TPSA) is 65.8 Å². The van der Waals surface area contributed by atoms with Crippen molar-refractivity contribution in [1.29, 1.82) is 5.26 Å². The van der Waals surface area contributed by atoms with Crippen molar-refractivity contribution in [2.75, 3.05) is 0 Å². The maximum absolute atomic E-state index is 11.3. The predicted molar refractivity (Wildman–Crippen MR) is 58.2 cm³/mol. The molecule has 1 heterocycles. The molecule has 1 N–H and O–H groups in total. The van der Waals surface area contributed by atoms with Gasteiger partial charge in [-0.3, -0.25) is 4.79 Å². The van der Waals surface area contributed by atoms with Gasteiger partial charge in [-0.25, -0.2) is 4.98 Å². The third kappa shape index (κ3) is 3.03. The quantitative estimate of drug-likeness (QED) is 0.848. The first kappa shape index (κ1) is 11.7. The summed E-state index contributed by atoms with van der Waals surface area (Å²) in [6.07, 6.45) is -0.117. The summed E-state index contributed by atoms with van der Waals surface area (Å²) in [4.78, 5) is 15.6. The Hall–Kier alpha value is -1.41. The number of aryl methyl sites for hydroxylation is 1. The summed E-state index contributed by atoms with van der Waals surface area (Å²) < 4.78 is 0. The van der Waals surface area contributed by atoms with Crippen molar-refractivity contribution in [1.82, 2.24) is 10.3 Å². The smallest absolute Gasteiger partial charge is 0.234 e. The van der Waals surface area contributed by atoms with Crippen molar-refractivity contribution in [3.8, 4) is 6.07 Å². The number of hydrogen-bond donors (Lipinski definition) is 1. The lowest BCUT2D eigenvalue weighted by molar-refractivity contribution is -0.121. The van der Waals surface area contributed by atoms with Crippen LogP contribution in [0.25, 0.3) is 0 Å². The average Bonchev–Trinajstić information content (AvgIpc) is 2.51. The van der Waals surface area contributed by atoms with Gasteiger partial charge >= 0.3 is 0 Å². The number of rotatable bonds is 3. The molecule has 80 valence electrons. The van der Waals surface area contributed by atoms with Gasteiger partial charge < -0.3 is 5.32 Å². The summed E-state index contributed by atoms with van der Waals surface area (Å²) in [7, 11) is 0. The molecular formula is C10H13N3OS. The van der Waals surface area contributed by atoms with E-state index in [0.29, 0.717) is 0 Å². The van der Waals surface area contributed by atoms with Crippen LogP contribution in [0.15, 0.2) is 5.38 Å². The van der Waals surface area contributed by atoms with E-state index in [1.165, 1.54) is 11.3 Å². The molecule has 0 aromatic carbocycles. The molecule has 5 heteroatoms. The molecule has 0 radical (unpaired) electrons. The van der Waals surface area contributed by atoms with Gasteiger partial charge in [-0.2, -0.15) is 5.26 Å². The monoisotopic (exact) mass is 223 g/mol. The fraction of sp³-hybridized carbons (Fsp3) is 0.500. The van der Waals surface area contributed by atoms with Crippen molar-refractivity contribution in [3.05, 3.63) is 16.1 Å². The Labute approximate surface area is 92.9 Å². The molecule has 0 saturated carbocycles. The molecule has 0 spiro atoms. The zero-order valence-electron chi connectivity index (χ0n) is 9.00. The van der Waals surface area contributed by atoms with Gasteiger partial charge in [0.05, 0.1) is 11.6 Å². The Morgan fingerprint density at radius 2 is 2.40 bits per heavy atom. The molecule has 4 nitrogen and oxygen atoms in total. The number of thiazole rings is 1. The number of nitrogens with one attached hydrogen (secondary N) is 1. The number of hydrogen-bond acceptors (Lipinski definition) is 4. The van der Waals surface area contributed by atoms with Gasteiger partial charge in [0.25, 0.3) is 0 Å². The van der Waals surface area contributed by atoms with Crippen LogP contribution in [0.2, 0.25) is 0 Å². The van der Waals surface area contributed by atoms with Gasteiger partial charge in [-0.05, 0) is 20.8 Å². The Bertz CT molecular complexity index is 403. The van der Waals surface area contributed by atoms with Crippen LogP contribution in [0, 0.1) is 18.3 Å². The molecule has 0 aliphatic rings. The average molecular weight is 223 g/mol. The fourth-order valence-corrected chi connectivity index (χ4v) is 2.04. The van der Waals surface area contributed by atoms with E-state index in [1.807, 2.05) is 32.2 Å². The lowest BCUT2D eigenvalue weighted by Crippen LogP contribution is -2.40. The molecule has 0 unspecified atom stereocenters. The predicted octanol–water partition coefficient (Wildman–Crippen LogP) is 1.72. The summed E-state index contributed by atoms with van der Waals surface area (Å²) >= 11 is 1.51.